The number of aromatic nitrogens is 1. The van der Waals surface area contributed by atoms with Crippen LogP contribution in [0.5, 0.6) is 0 Å². The van der Waals surface area contributed by atoms with Crippen molar-refractivity contribution in [1.82, 2.24) is 14.8 Å². The van der Waals surface area contributed by atoms with Crippen molar-refractivity contribution in [1.29, 1.82) is 0 Å². The predicted octanol–water partition coefficient (Wildman–Crippen LogP) is 1.73. The van der Waals surface area contributed by atoms with Crippen LogP contribution < -0.4 is 0 Å². The monoisotopic (exact) mass is 431 g/mol. The summed E-state index contributed by atoms with van der Waals surface area (Å²) in [7, 11) is 0. The Balaban J connectivity index is 0.000000396. The zero-order valence-electron chi connectivity index (χ0n) is 16.7. The van der Waals surface area contributed by atoms with Gasteiger partial charge in [0.1, 0.15) is 5.69 Å². The van der Waals surface area contributed by atoms with E-state index in [0.29, 0.717) is 37.9 Å². The van der Waals surface area contributed by atoms with Crippen molar-refractivity contribution >= 4 is 17.8 Å². The normalized spacial score (nSPS) is 21.6. The van der Waals surface area contributed by atoms with Crippen LogP contribution in [0.3, 0.4) is 0 Å². The van der Waals surface area contributed by atoms with Crippen molar-refractivity contribution in [2.24, 2.45) is 5.92 Å². The maximum atomic E-state index is 12.6. The second kappa shape index (κ2) is 9.88. The van der Waals surface area contributed by atoms with Crippen molar-refractivity contribution in [3.05, 3.63) is 29.6 Å². The van der Waals surface area contributed by atoms with Crippen LogP contribution in [0, 0.1) is 12.8 Å². The van der Waals surface area contributed by atoms with Gasteiger partial charge in [-0.1, -0.05) is 6.07 Å². The molecule has 11 heteroatoms. The second-order valence-electron chi connectivity index (χ2n) is 7.14. The predicted molar refractivity (Wildman–Crippen MR) is 98.7 cm³/mol. The SMILES string of the molecule is CC(=O)N1CCO[C@@H]2CN(C(=O)c3cccc(C)n3)CC[C@@H]2C1.O=C(O)C(F)(F)F. The Morgan fingerprint density at radius 2 is 1.83 bits per heavy atom. The third-order valence-electron chi connectivity index (χ3n) is 4.93. The van der Waals surface area contributed by atoms with Gasteiger partial charge in [0.25, 0.3) is 5.91 Å². The summed E-state index contributed by atoms with van der Waals surface area (Å²) < 4.78 is 37.7. The first-order valence-corrected chi connectivity index (χ1v) is 9.39. The van der Waals surface area contributed by atoms with Gasteiger partial charge in [-0.2, -0.15) is 13.2 Å². The number of carbonyl (C=O) groups is 3. The minimum absolute atomic E-state index is 0.00172. The third-order valence-corrected chi connectivity index (χ3v) is 4.93. The summed E-state index contributed by atoms with van der Waals surface area (Å²) in [4.78, 5) is 41.1. The number of hydrogen-bond acceptors (Lipinski definition) is 5. The molecule has 2 aliphatic heterocycles. The summed E-state index contributed by atoms with van der Waals surface area (Å²) in [6, 6.07) is 5.50. The Morgan fingerprint density at radius 3 is 2.40 bits per heavy atom. The Hall–Kier alpha value is -2.69. The quantitative estimate of drug-likeness (QED) is 0.727. The zero-order valence-corrected chi connectivity index (χ0v) is 16.7. The molecule has 0 radical (unpaired) electrons. The highest BCUT2D eigenvalue weighted by molar-refractivity contribution is 5.92. The number of rotatable bonds is 1. The van der Waals surface area contributed by atoms with Crippen LogP contribution in [0.2, 0.25) is 0 Å². The number of amides is 2. The largest absolute Gasteiger partial charge is 0.490 e. The molecule has 2 aliphatic rings. The third kappa shape index (κ3) is 6.41. The average molecular weight is 431 g/mol. The van der Waals surface area contributed by atoms with E-state index in [9.17, 15) is 22.8 Å². The van der Waals surface area contributed by atoms with E-state index in [0.717, 1.165) is 18.7 Å². The first-order valence-electron chi connectivity index (χ1n) is 9.39. The summed E-state index contributed by atoms with van der Waals surface area (Å²) in [5.41, 5.74) is 1.33. The lowest BCUT2D eigenvalue weighted by Crippen LogP contribution is -2.49. The molecule has 1 aromatic rings. The standard InChI is InChI=1S/C17H23N3O3.C2HF3O2/c1-12-4-3-5-15(18-12)17(22)20-7-6-14-10-19(13(2)21)8-9-23-16(14)11-20;3-2(4,5)1(6)7/h3-5,14,16H,6-11H2,1-2H3;(H,6,7)/t14-,16-;/m1./s1. The summed E-state index contributed by atoms with van der Waals surface area (Å²) in [5.74, 6) is -2.40. The number of aryl methyl sites for hydroxylation is 1. The fraction of sp³-hybridized carbons (Fsp3) is 0.579. The number of carboxylic acids is 1. The lowest BCUT2D eigenvalue weighted by molar-refractivity contribution is -0.192. The lowest BCUT2D eigenvalue weighted by atomic mass is 9.93. The summed E-state index contributed by atoms with van der Waals surface area (Å²) in [5, 5.41) is 7.12. The minimum Gasteiger partial charge on any atom is -0.475 e. The van der Waals surface area contributed by atoms with Crippen molar-refractivity contribution in [3.8, 4) is 0 Å². The number of carboxylic acid groups (broad SMARTS) is 1. The second-order valence-corrected chi connectivity index (χ2v) is 7.14. The number of aliphatic carboxylic acids is 1. The fourth-order valence-electron chi connectivity index (χ4n) is 3.35. The molecule has 2 saturated heterocycles. The van der Waals surface area contributed by atoms with E-state index in [1.54, 1.807) is 13.0 Å². The van der Waals surface area contributed by atoms with Gasteiger partial charge in [-0.05, 0) is 25.5 Å². The molecule has 0 spiro atoms. The molecule has 0 aromatic carbocycles. The van der Waals surface area contributed by atoms with E-state index < -0.39 is 12.1 Å². The van der Waals surface area contributed by atoms with Crippen LogP contribution >= 0.6 is 0 Å². The number of halogens is 3. The Bertz CT molecular complexity index is 787. The molecule has 1 aromatic heterocycles. The molecule has 0 unspecified atom stereocenters. The molecular weight excluding hydrogens is 407 g/mol. The van der Waals surface area contributed by atoms with Gasteiger partial charge in [-0.25, -0.2) is 9.78 Å². The van der Waals surface area contributed by atoms with E-state index in [1.165, 1.54) is 0 Å². The number of pyridine rings is 1. The summed E-state index contributed by atoms with van der Waals surface area (Å²) >= 11 is 0. The number of likely N-dealkylation sites (tertiary alicyclic amines) is 1. The number of carbonyl (C=O) groups excluding carboxylic acids is 2. The fourth-order valence-corrected chi connectivity index (χ4v) is 3.35. The summed E-state index contributed by atoms with van der Waals surface area (Å²) in [6.07, 6.45) is -4.23. The van der Waals surface area contributed by atoms with Crippen LogP contribution in [-0.4, -0.2) is 82.7 Å². The van der Waals surface area contributed by atoms with Crippen LogP contribution in [-0.2, 0) is 14.3 Å². The highest BCUT2D eigenvalue weighted by atomic mass is 19.4. The highest BCUT2D eigenvalue weighted by Crippen LogP contribution is 2.25. The maximum absolute atomic E-state index is 12.6. The van der Waals surface area contributed by atoms with Crippen LogP contribution in [0.25, 0.3) is 0 Å². The van der Waals surface area contributed by atoms with Crippen LogP contribution in [0.4, 0.5) is 13.2 Å². The van der Waals surface area contributed by atoms with Crippen molar-refractivity contribution in [3.63, 3.8) is 0 Å². The number of ether oxygens (including phenoxy) is 1. The molecule has 3 rings (SSSR count). The molecule has 166 valence electrons. The van der Waals surface area contributed by atoms with E-state index in [2.05, 4.69) is 4.98 Å². The van der Waals surface area contributed by atoms with E-state index in [1.807, 2.05) is 28.9 Å². The van der Waals surface area contributed by atoms with Gasteiger partial charge in [0.15, 0.2) is 0 Å². The number of fused-ring (bicyclic) bond motifs is 1. The number of hydrogen-bond donors (Lipinski definition) is 1. The average Bonchev–Trinajstić information content (AvgIpc) is 2.89. The van der Waals surface area contributed by atoms with Gasteiger partial charge in [0.05, 0.1) is 12.7 Å². The van der Waals surface area contributed by atoms with E-state index >= 15 is 0 Å². The number of piperidine rings is 1. The summed E-state index contributed by atoms with van der Waals surface area (Å²) in [6.45, 7) is 6.64. The van der Waals surface area contributed by atoms with Gasteiger partial charge in [0, 0.05) is 44.7 Å². The van der Waals surface area contributed by atoms with Gasteiger partial charge in [-0.3, -0.25) is 9.59 Å². The Labute approximate surface area is 171 Å². The van der Waals surface area contributed by atoms with Gasteiger partial charge < -0.3 is 19.6 Å². The number of nitrogens with zero attached hydrogens (tertiary/aromatic N) is 3. The molecule has 0 saturated carbocycles. The first-order chi connectivity index (χ1) is 14.0. The number of alkyl halides is 3. The van der Waals surface area contributed by atoms with Crippen LogP contribution in [0.1, 0.15) is 29.5 Å². The van der Waals surface area contributed by atoms with Crippen molar-refractivity contribution in [2.75, 3.05) is 32.8 Å². The molecule has 1 N–H and O–H groups in total. The highest BCUT2D eigenvalue weighted by Gasteiger charge is 2.38. The molecular formula is C19H24F3N3O5. The molecule has 2 amide bonds. The molecule has 3 heterocycles. The minimum atomic E-state index is -5.08. The van der Waals surface area contributed by atoms with Crippen molar-refractivity contribution in [2.45, 2.75) is 32.5 Å². The molecule has 0 aliphatic carbocycles. The molecule has 8 nitrogen and oxygen atoms in total. The van der Waals surface area contributed by atoms with Gasteiger partial charge in [0.2, 0.25) is 5.91 Å². The Morgan fingerprint density at radius 1 is 1.17 bits per heavy atom. The Kier molecular flexibility index (Phi) is 7.77. The van der Waals surface area contributed by atoms with Crippen molar-refractivity contribution < 1.29 is 37.4 Å². The van der Waals surface area contributed by atoms with Crippen LogP contribution in [0.15, 0.2) is 18.2 Å². The van der Waals surface area contributed by atoms with E-state index in [-0.39, 0.29) is 17.9 Å². The molecule has 2 fully saturated rings. The van der Waals surface area contributed by atoms with Gasteiger partial charge >= 0.3 is 12.1 Å². The molecule has 0 bridgehead atoms. The first kappa shape index (κ1) is 23.6. The molecule has 2 atom stereocenters. The lowest BCUT2D eigenvalue weighted by Gasteiger charge is -2.37. The topological polar surface area (TPSA) is 100 Å². The maximum Gasteiger partial charge on any atom is 0.490 e. The van der Waals surface area contributed by atoms with E-state index in [4.69, 9.17) is 14.6 Å². The van der Waals surface area contributed by atoms with Gasteiger partial charge in [-0.15, -0.1) is 0 Å². The smallest absolute Gasteiger partial charge is 0.475 e. The molecule has 30 heavy (non-hydrogen) atoms. The zero-order chi connectivity index (χ0) is 22.5.